The van der Waals surface area contributed by atoms with E-state index in [2.05, 4.69) is 25.8 Å². The van der Waals surface area contributed by atoms with Crippen LogP contribution in [0.3, 0.4) is 0 Å². The number of carbonyl (C=O) groups is 3. The minimum atomic E-state index is -1.05. The van der Waals surface area contributed by atoms with Gasteiger partial charge in [-0.3, -0.25) is 19.8 Å². The van der Waals surface area contributed by atoms with Crippen molar-refractivity contribution in [1.82, 2.24) is 25.8 Å². The molecule has 2 aromatic carbocycles. The minimum absolute atomic E-state index is 0.144. The lowest BCUT2D eigenvalue weighted by molar-refractivity contribution is -0.126. The zero-order valence-corrected chi connectivity index (χ0v) is 26.5. The van der Waals surface area contributed by atoms with E-state index in [0.717, 1.165) is 44.8 Å². The fourth-order valence-corrected chi connectivity index (χ4v) is 5.59. The number of rotatable bonds is 15. The van der Waals surface area contributed by atoms with Gasteiger partial charge < -0.3 is 25.1 Å². The van der Waals surface area contributed by atoms with Gasteiger partial charge in [0.25, 0.3) is 0 Å². The number of halogens is 1. The number of benzene rings is 2. The van der Waals surface area contributed by atoms with Gasteiger partial charge in [0.15, 0.2) is 0 Å². The van der Waals surface area contributed by atoms with Gasteiger partial charge in [-0.25, -0.2) is 4.79 Å². The van der Waals surface area contributed by atoms with Crippen molar-refractivity contribution in [2.75, 3.05) is 46.0 Å². The van der Waals surface area contributed by atoms with E-state index in [4.69, 9.17) is 21.1 Å². The minimum Gasteiger partial charge on any atom is -0.461 e. The fraction of sp³-hybridized carbons (Fsp3) is 0.485. The molecule has 0 aliphatic carbocycles. The molecule has 0 radical (unpaired) electrons. The molecule has 11 heteroatoms. The third-order valence-corrected chi connectivity index (χ3v) is 7.82. The highest BCUT2D eigenvalue weighted by Gasteiger charge is 2.34. The molecular formula is C33H44ClN5O5. The summed E-state index contributed by atoms with van der Waals surface area (Å²) in [7, 11) is 0. The Morgan fingerprint density at radius 2 is 1.80 bits per heavy atom. The van der Waals surface area contributed by atoms with Crippen molar-refractivity contribution < 1.29 is 23.9 Å². The van der Waals surface area contributed by atoms with Crippen molar-refractivity contribution in [3.05, 3.63) is 70.4 Å². The molecular weight excluding hydrogens is 582 g/mol. The molecule has 2 amide bonds. The van der Waals surface area contributed by atoms with Gasteiger partial charge in [-0.1, -0.05) is 61.8 Å². The maximum Gasteiger partial charge on any atom is 0.355 e. The van der Waals surface area contributed by atoms with E-state index in [-0.39, 0.29) is 36.6 Å². The number of carbonyl (C=O) groups excluding carboxylic acids is 3. The Morgan fingerprint density at radius 3 is 2.50 bits per heavy atom. The van der Waals surface area contributed by atoms with Crippen LogP contribution in [0.2, 0.25) is 5.02 Å². The Kier molecular flexibility index (Phi) is 12.6. The van der Waals surface area contributed by atoms with Crippen LogP contribution >= 0.6 is 11.6 Å². The van der Waals surface area contributed by atoms with Crippen LogP contribution in [-0.4, -0.2) is 79.7 Å². The first kappa shape index (κ1) is 33.5. The number of morpholine rings is 1. The molecule has 10 nitrogen and oxygen atoms in total. The second kappa shape index (κ2) is 16.6. The van der Waals surface area contributed by atoms with Gasteiger partial charge in [-0.2, -0.15) is 0 Å². The lowest BCUT2D eigenvalue weighted by Gasteiger charge is -2.28. The Morgan fingerprint density at radius 1 is 1.05 bits per heavy atom. The van der Waals surface area contributed by atoms with Gasteiger partial charge in [0, 0.05) is 47.7 Å². The van der Waals surface area contributed by atoms with Crippen LogP contribution in [0, 0.1) is 5.92 Å². The maximum atomic E-state index is 14.0. The monoisotopic (exact) mass is 625 g/mol. The van der Waals surface area contributed by atoms with Gasteiger partial charge in [-0.15, -0.1) is 0 Å². The molecule has 4 rings (SSSR count). The summed E-state index contributed by atoms with van der Waals surface area (Å²) >= 11 is 6.28. The normalized spacial score (nSPS) is 15.2. The van der Waals surface area contributed by atoms with Crippen molar-refractivity contribution in [3.8, 4) is 0 Å². The van der Waals surface area contributed by atoms with E-state index in [1.165, 1.54) is 0 Å². The number of fused-ring (bicyclic) bond motifs is 1. The van der Waals surface area contributed by atoms with Gasteiger partial charge in [0.05, 0.1) is 25.9 Å². The van der Waals surface area contributed by atoms with Crippen molar-refractivity contribution >= 4 is 40.3 Å². The molecule has 4 N–H and O–H groups in total. The molecule has 2 atom stereocenters. The highest BCUT2D eigenvalue weighted by Crippen LogP contribution is 2.32. The second-order valence-electron chi connectivity index (χ2n) is 11.4. The first-order valence-corrected chi connectivity index (χ1v) is 15.8. The summed E-state index contributed by atoms with van der Waals surface area (Å²) < 4.78 is 10.8. The molecule has 1 aliphatic heterocycles. The summed E-state index contributed by atoms with van der Waals surface area (Å²) in [6, 6.07) is 13.0. The lowest BCUT2D eigenvalue weighted by Crippen LogP contribution is -2.50. The van der Waals surface area contributed by atoms with Gasteiger partial charge in [0.2, 0.25) is 11.8 Å². The molecule has 44 heavy (non-hydrogen) atoms. The van der Waals surface area contributed by atoms with Crippen molar-refractivity contribution in [2.24, 2.45) is 5.92 Å². The van der Waals surface area contributed by atoms with Gasteiger partial charge >= 0.3 is 5.97 Å². The number of aromatic nitrogens is 1. The van der Waals surface area contributed by atoms with Gasteiger partial charge in [0.1, 0.15) is 11.7 Å². The molecule has 0 unspecified atom stereocenters. The topological polar surface area (TPSA) is 125 Å². The highest BCUT2D eigenvalue weighted by atomic mass is 35.5. The van der Waals surface area contributed by atoms with Gasteiger partial charge in [-0.05, 0) is 49.9 Å². The molecule has 0 bridgehead atoms. The van der Waals surface area contributed by atoms with Crippen molar-refractivity contribution in [3.63, 3.8) is 0 Å². The Bertz CT molecular complexity index is 1390. The van der Waals surface area contributed by atoms with Crippen LogP contribution in [0.5, 0.6) is 0 Å². The van der Waals surface area contributed by atoms with E-state index in [0.29, 0.717) is 34.5 Å². The van der Waals surface area contributed by atoms with Crippen LogP contribution in [0.1, 0.15) is 61.3 Å². The molecule has 1 saturated heterocycles. The summed E-state index contributed by atoms with van der Waals surface area (Å²) in [5, 5.41) is 10.5. The zero-order chi connectivity index (χ0) is 31.5. The highest BCUT2D eigenvalue weighted by molar-refractivity contribution is 6.31. The standard InChI is InChI=1S/C33H44ClN5O5/c1-4-44-33(42)30-28(25-12-11-24(34)20-26(25)37-30)29(32(41)36-21-23-9-6-5-7-10-23)38-27(19-22(2)3)31(40)35-13-8-14-39-15-17-43-18-16-39/h5-7,9-12,20,22,27,29,37-38H,4,8,13-19,21H2,1-3H3,(H,35,40)(H,36,41)/t27-,29-/m0/s1. The Balaban J connectivity index is 1.62. The average molecular weight is 626 g/mol. The smallest absolute Gasteiger partial charge is 0.355 e. The second-order valence-corrected chi connectivity index (χ2v) is 11.8. The van der Waals surface area contributed by atoms with Crippen LogP contribution < -0.4 is 16.0 Å². The molecule has 1 fully saturated rings. The SMILES string of the molecule is CCOC(=O)c1[nH]c2cc(Cl)ccc2c1[C@H](N[C@@H](CC(C)C)C(=O)NCCCN1CCOCC1)C(=O)NCc1ccccc1. The molecule has 1 aliphatic rings. The van der Waals surface area contributed by atoms with E-state index in [9.17, 15) is 14.4 Å². The number of H-pyrrole nitrogens is 1. The van der Waals surface area contributed by atoms with E-state index < -0.39 is 18.1 Å². The predicted molar refractivity (Wildman–Crippen MR) is 172 cm³/mol. The number of amides is 2. The number of ether oxygens (including phenoxy) is 2. The summed E-state index contributed by atoms with van der Waals surface area (Å²) in [5.41, 5.74) is 2.07. The summed E-state index contributed by atoms with van der Waals surface area (Å²) in [6.07, 6.45) is 1.29. The van der Waals surface area contributed by atoms with E-state index in [1.54, 1.807) is 25.1 Å². The van der Waals surface area contributed by atoms with Crippen LogP contribution in [-0.2, 0) is 25.6 Å². The summed E-state index contributed by atoms with van der Waals surface area (Å²) in [6.45, 7) is 10.9. The molecule has 238 valence electrons. The summed E-state index contributed by atoms with van der Waals surface area (Å²) in [5.74, 6) is -0.998. The average Bonchev–Trinajstić information content (AvgIpc) is 3.39. The Hall–Kier alpha value is -3.44. The van der Waals surface area contributed by atoms with Crippen molar-refractivity contribution in [2.45, 2.75) is 52.2 Å². The third-order valence-electron chi connectivity index (χ3n) is 7.59. The lowest BCUT2D eigenvalue weighted by atomic mass is 9.97. The molecule has 0 spiro atoms. The summed E-state index contributed by atoms with van der Waals surface area (Å²) in [4.78, 5) is 46.3. The molecule has 3 aromatic rings. The van der Waals surface area contributed by atoms with Crippen molar-refractivity contribution in [1.29, 1.82) is 0 Å². The first-order valence-electron chi connectivity index (χ1n) is 15.4. The van der Waals surface area contributed by atoms with E-state index in [1.807, 2.05) is 44.2 Å². The zero-order valence-electron chi connectivity index (χ0n) is 25.8. The number of hydrogen-bond donors (Lipinski definition) is 4. The number of esters is 1. The molecule has 2 heterocycles. The third kappa shape index (κ3) is 9.28. The fourth-order valence-electron chi connectivity index (χ4n) is 5.42. The predicted octanol–water partition coefficient (Wildman–Crippen LogP) is 4.20. The number of aromatic amines is 1. The van der Waals surface area contributed by atoms with Crippen LogP contribution in [0.25, 0.3) is 10.9 Å². The number of nitrogens with one attached hydrogen (secondary N) is 4. The van der Waals surface area contributed by atoms with Crippen LogP contribution in [0.4, 0.5) is 0 Å². The quantitative estimate of drug-likeness (QED) is 0.147. The first-order chi connectivity index (χ1) is 21.3. The van der Waals surface area contributed by atoms with E-state index >= 15 is 0 Å². The largest absolute Gasteiger partial charge is 0.461 e. The maximum absolute atomic E-state index is 14.0. The molecule has 1 aromatic heterocycles. The molecule has 0 saturated carbocycles. The Labute approximate surface area is 264 Å². The number of hydrogen-bond acceptors (Lipinski definition) is 7. The van der Waals surface area contributed by atoms with Crippen LogP contribution in [0.15, 0.2) is 48.5 Å². The number of nitrogens with zero attached hydrogens (tertiary/aromatic N) is 1.